The quantitative estimate of drug-likeness (QED) is 0.560. The van der Waals surface area contributed by atoms with Crippen molar-refractivity contribution >= 4 is 11.8 Å². The fourth-order valence-electron chi connectivity index (χ4n) is 0.997. The van der Waals surface area contributed by atoms with E-state index in [4.69, 9.17) is 10.2 Å². The number of aliphatic hydroxyl groups is 2. The minimum absolute atomic E-state index is 0.0829. The van der Waals surface area contributed by atoms with Crippen molar-refractivity contribution in [3.05, 3.63) is 23.9 Å². The highest BCUT2D eigenvalue weighted by Crippen LogP contribution is 2.09. The van der Waals surface area contributed by atoms with Gasteiger partial charge in [-0.3, -0.25) is 0 Å². The maximum Gasteiger partial charge on any atom is 0.335 e. The Bertz CT molecular complexity index is 379. The summed E-state index contributed by atoms with van der Waals surface area (Å²) >= 11 is 0. The average molecular weight is 226 g/mol. The highest BCUT2D eigenvalue weighted by atomic mass is 16.4. The third kappa shape index (κ3) is 3.48. The van der Waals surface area contributed by atoms with Gasteiger partial charge in [0.05, 0.1) is 12.2 Å². The molecule has 0 aliphatic rings. The summed E-state index contributed by atoms with van der Waals surface area (Å²) in [6.45, 7) is 1.15. The first kappa shape index (κ1) is 12.4. The molecule has 0 spiro atoms. The molecule has 0 aliphatic heterocycles. The Kier molecular flexibility index (Phi) is 3.81. The number of anilines is 1. The fourth-order valence-corrected chi connectivity index (χ4v) is 0.997. The number of hydrogen-bond acceptors (Lipinski definition) is 5. The van der Waals surface area contributed by atoms with Gasteiger partial charge in [0.1, 0.15) is 11.4 Å². The van der Waals surface area contributed by atoms with Gasteiger partial charge >= 0.3 is 5.97 Å². The molecule has 0 aliphatic carbocycles. The van der Waals surface area contributed by atoms with Crippen LogP contribution in [0.25, 0.3) is 0 Å². The van der Waals surface area contributed by atoms with Crippen LogP contribution in [-0.2, 0) is 0 Å². The third-order valence-electron chi connectivity index (χ3n) is 2.00. The molecule has 0 saturated heterocycles. The van der Waals surface area contributed by atoms with E-state index < -0.39 is 18.2 Å². The van der Waals surface area contributed by atoms with Crippen LogP contribution in [0.2, 0.25) is 0 Å². The first-order valence-corrected chi connectivity index (χ1v) is 4.71. The first-order valence-electron chi connectivity index (χ1n) is 4.71. The van der Waals surface area contributed by atoms with Crippen LogP contribution < -0.4 is 5.32 Å². The van der Waals surface area contributed by atoms with Crippen molar-refractivity contribution in [1.82, 2.24) is 4.98 Å². The highest BCUT2D eigenvalue weighted by Gasteiger charge is 2.18. The van der Waals surface area contributed by atoms with E-state index in [1.54, 1.807) is 0 Å². The number of nitrogens with one attached hydrogen (secondary N) is 1. The van der Waals surface area contributed by atoms with Gasteiger partial charge in [-0.15, -0.1) is 0 Å². The van der Waals surface area contributed by atoms with Gasteiger partial charge in [0.2, 0.25) is 0 Å². The molecule has 1 unspecified atom stereocenters. The van der Waals surface area contributed by atoms with Crippen molar-refractivity contribution in [3.8, 4) is 0 Å². The van der Waals surface area contributed by atoms with Gasteiger partial charge in [0.15, 0.2) is 0 Å². The second kappa shape index (κ2) is 4.91. The third-order valence-corrected chi connectivity index (χ3v) is 2.00. The molecule has 1 aromatic heterocycles. The number of carboxylic acid groups (broad SMARTS) is 1. The minimum Gasteiger partial charge on any atom is -0.478 e. The monoisotopic (exact) mass is 226 g/mol. The molecule has 1 atom stereocenters. The van der Waals surface area contributed by atoms with Crippen molar-refractivity contribution in [1.29, 1.82) is 0 Å². The standard InChI is InChI=1S/C10H14N2O4/c1-10(16,6-13)5-12-8-4-7(9(14)15)2-3-11-8/h2-4,13,16H,5-6H2,1H3,(H,11,12)(H,14,15). The van der Waals surface area contributed by atoms with E-state index in [9.17, 15) is 9.90 Å². The molecule has 0 fully saturated rings. The van der Waals surface area contributed by atoms with E-state index in [2.05, 4.69) is 10.3 Å². The first-order chi connectivity index (χ1) is 7.44. The zero-order valence-corrected chi connectivity index (χ0v) is 8.84. The number of aliphatic hydroxyl groups excluding tert-OH is 1. The predicted molar refractivity (Wildman–Crippen MR) is 57.4 cm³/mol. The van der Waals surface area contributed by atoms with Crippen molar-refractivity contribution in [2.24, 2.45) is 0 Å². The molecule has 1 rings (SSSR count). The Labute approximate surface area is 92.6 Å². The van der Waals surface area contributed by atoms with Crippen molar-refractivity contribution in [2.75, 3.05) is 18.5 Å². The molecule has 0 amide bonds. The van der Waals surface area contributed by atoms with E-state index in [1.165, 1.54) is 25.3 Å². The van der Waals surface area contributed by atoms with Crippen LogP contribution in [0.15, 0.2) is 18.3 Å². The smallest absolute Gasteiger partial charge is 0.335 e. The zero-order valence-electron chi connectivity index (χ0n) is 8.84. The molecule has 6 nitrogen and oxygen atoms in total. The number of rotatable bonds is 5. The van der Waals surface area contributed by atoms with Crippen molar-refractivity contribution in [3.63, 3.8) is 0 Å². The number of aromatic carboxylic acids is 1. The summed E-state index contributed by atoms with van der Waals surface area (Å²) in [5.74, 6) is -0.701. The van der Waals surface area contributed by atoms with Crippen molar-refractivity contribution in [2.45, 2.75) is 12.5 Å². The van der Waals surface area contributed by atoms with Crippen LogP contribution >= 0.6 is 0 Å². The summed E-state index contributed by atoms with van der Waals surface area (Å²) in [7, 11) is 0. The van der Waals surface area contributed by atoms with E-state index in [-0.39, 0.29) is 12.1 Å². The highest BCUT2D eigenvalue weighted by molar-refractivity contribution is 5.88. The maximum atomic E-state index is 10.7. The number of hydrogen-bond donors (Lipinski definition) is 4. The largest absolute Gasteiger partial charge is 0.478 e. The number of carboxylic acids is 1. The van der Waals surface area contributed by atoms with E-state index >= 15 is 0 Å². The van der Waals surface area contributed by atoms with Crippen LogP contribution in [0.1, 0.15) is 17.3 Å². The van der Waals surface area contributed by atoms with Gasteiger partial charge in [-0.1, -0.05) is 0 Å². The second-order valence-corrected chi connectivity index (χ2v) is 3.74. The molecule has 0 aromatic carbocycles. The average Bonchev–Trinajstić information content (AvgIpc) is 2.27. The lowest BCUT2D eigenvalue weighted by Crippen LogP contribution is -2.37. The van der Waals surface area contributed by atoms with E-state index in [0.717, 1.165) is 0 Å². The SMILES string of the molecule is CC(O)(CO)CNc1cc(C(=O)O)ccn1. The lowest BCUT2D eigenvalue weighted by molar-refractivity contribution is 0.0132. The van der Waals surface area contributed by atoms with Gasteiger partial charge in [0.25, 0.3) is 0 Å². The van der Waals surface area contributed by atoms with Crippen LogP contribution in [0.5, 0.6) is 0 Å². The molecular formula is C10H14N2O4. The lowest BCUT2D eigenvalue weighted by atomic mass is 10.1. The number of carbonyl (C=O) groups is 1. The van der Waals surface area contributed by atoms with E-state index in [1.807, 2.05) is 0 Å². The summed E-state index contributed by atoms with van der Waals surface area (Å²) in [5.41, 5.74) is -1.15. The maximum absolute atomic E-state index is 10.7. The van der Waals surface area contributed by atoms with Gasteiger partial charge < -0.3 is 20.6 Å². The summed E-state index contributed by atoms with van der Waals surface area (Å²) in [6, 6.07) is 2.73. The predicted octanol–water partition coefficient (Wildman–Crippen LogP) is -0.0650. The lowest BCUT2D eigenvalue weighted by Gasteiger charge is -2.20. The molecule has 1 heterocycles. The molecule has 0 saturated carbocycles. The minimum atomic E-state index is -1.26. The summed E-state index contributed by atoms with van der Waals surface area (Å²) in [5, 5.41) is 29.8. The summed E-state index contributed by atoms with van der Waals surface area (Å²) in [4.78, 5) is 14.6. The van der Waals surface area contributed by atoms with E-state index in [0.29, 0.717) is 5.82 Å². The van der Waals surface area contributed by atoms with Gasteiger partial charge in [-0.2, -0.15) is 0 Å². The molecule has 0 radical (unpaired) electrons. The van der Waals surface area contributed by atoms with Gasteiger partial charge in [0, 0.05) is 12.7 Å². The number of aromatic nitrogens is 1. The van der Waals surface area contributed by atoms with Crippen LogP contribution in [0.3, 0.4) is 0 Å². The Balaban J connectivity index is 2.68. The Hall–Kier alpha value is -1.66. The Morgan fingerprint density at radius 1 is 1.62 bits per heavy atom. The van der Waals surface area contributed by atoms with Gasteiger partial charge in [-0.05, 0) is 19.1 Å². The zero-order chi connectivity index (χ0) is 12.2. The number of pyridine rings is 1. The topological polar surface area (TPSA) is 103 Å². The Morgan fingerprint density at radius 3 is 2.88 bits per heavy atom. The van der Waals surface area contributed by atoms with Crippen LogP contribution in [0.4, 0.5) is 5.82 Å². The van der Waals surface area contributed by atoms with Crippen LogP contribution in [-0.4, -0.2) is 45.0 Å². The molecule has 0 bridgehead atoms. The molecule has 1 aromatic rings. The van der Waals surface area contributed by atoms with Crippen molar-refractivity contribution < 1.29 is 20.1 Å². The number of nitrogens with zero attached hydrogens (tertiary/aromatic N) is 1. The molecule has 4 N–H and O–H groups in total. The second-order valence-electron chi connectivity index (χ2n) is 3.74. The van der Waals surface area contributed by atoms with Gasteiger partial charge in [-0.25, -0.2) is 9.78 Å². The summed E-state index contributed by atoms with van der Waals surface area (Å²) < 4.78 is 0. The summed E-state index contributed by atoms with van der Waals surface area (Å²) in [6.07, 6.45) is 1.36. The fraction of sp³-hybridized carbons (Fsp3) is 0.400. The van der Waals surface area contributed by atoms with Crippen LogP contribution in [0, 0.1) is 0 Å². The molecule has 16 heavy (non-hydrogen) atoms. The molecular weight excluding hydrogens is 212 g/mol. The Morgan fingerprint density at radius 2 is 2.31 bits per heavy atom. The molecule has 88 valence electrons. The normalized spacial score (nSPS) is 14.2. The molecule has 6 heteroatoms.